The van der Waals surface area contributed by atoms with Crippen LogP contribution in [0.5, 0.6) is 0 Å². The minimum Gasteiger partial charge on any atom is -0.383 e. The zero-order chi connectivity index (χ0) is 11.2. The lowest BCUT2D eigenvalue weighted by Gasteiger charge is -2.43. The van der Waals surface area contributed by atoms with Crippen molar-refractivity contribution in [3.05, 3.63) is 23.8 Å². The lowest BCUT2D eigenvalue weighted by Crippen LogP contribution is -2.43. The van der Waals surface area contributed by atoms with E-state index in [-0.39, 0.29) is 0 Å². The Morgan fingerprint density at radius 3 is 2.81 bits per heavy atom. The van der Waals surface area contributed by atoms with E-state index in [2.05, 4.69) is 42.4 Å². The molecule has 0 bridgehead atoms. The van der Waals surface area contributed by atoms with E-state index in [9.17, 15) is 0 Å². The van der Waals surface area contributed by atoms with Gasteiger partial charge in [-0.2, -0.15) is 0 Å². The molecule has 86 valence electrons. The highest BCUT2D eigenvalue weighted by atomic mass is 15.2. The summed E-state index contributed by atoms with van der Waals surface area (Å²) in [6.07, 6.45) is 4.18. The van der Waals surface area contributed by atoms with Gasteiger partial charge in [0.15, 0.2) is 0 Å². The predicted octanol–water partition coefficient (Wildman–Crippen LogP) is 3.03. The summed E-state index contributed by atoms with van der Waals surface area (Å²) in [6.45, 7) is 4.52. The van der Waals surface area contributed by atoms with Gasteiger partial charge in [0.25, 0.3) is 0 Å². The standard InChI is InChI=1S/C14H20N2/c1-11-4-5-12-13(8-11)16(2)10-14(9-15-12)6-3-7-14/h4-5,8,15H,3,6-7,9-10H2,1-2H3. The highest BCUT2D eigenvalue weighted by Gasteiger charge is 2.39. The molecule has 1 fully saturated rings. The second-order valence-electron chi connectivity index (χ2n) is 5.58. The second kappa shape index (κ2) is 3.41. The average Bonchev–Trinajstić information content (AvgIpc) is 2.36. The molecule has 2 heteroatoms. The molecule has 3 rings (SSSR count). The minimum atomic E-state index is 0.543. The van der Waals surface area contributed by atoms with Crippen molar-refractivity contribution >= 4 is 11.4 Å². The Kier molecular flexibility index (Phi) is 2.13. The first-order chi connectivity index (χ1) is 7.69. The quantitative estimate of drug-likeness (QED) is 0.717. The summed E-state index contributed by atoms with van der Waals surface area (Å²) in [7, 11) is 2.23. The lowest BCUT2D eigenvalue weighted by molar-refractivity contribution is 0.162. The largest absolute Gasteiger partial charge is 0.383 e. The minimum absolute atomic E-state index is 0.543. The van der Waals surface area contributed by atoms with Crippen LogP contribution in [0, 0.1) is 12.3 Å². The molecule has 0 amide bonds. The normalized spacial score (nSPS) is 22.0. The van der Waals surface area contributed by atoms with Crippen molar-refractivity contribution in [2.75, 3.05) is 30.4 Å². The van der Waals surface area contributed by atoms with Crippen LogP contribution in [0.2, 0.25) is 0 Å². The van der Waals surface area contributed by atoms with Crippen molar-refractivity contribution in [2.24, 2.45) is 5.41 Å². The van der Waals surface area contributed by atoms with Crippen LogP contribution in [0.1, 0.15) is 24.8 Å². The Balaban J connectivity index is 1.95. The van der Waals surface area contributed by atoms with Crippen LogP contribution in [0.15, 0.2) is 18.2 Å². The van der Waals surface area contributed by atoms with Gasteiger partial charge in [0.1, 0.15) is 0 Å². The van der Waals surface area contributed by atoms with Crippen molar-refractivity contribution in [2.45, 2.75) is 26.2 Å². The fourth-order valence-corrected chi connectivity index (χ4v) is 3.05. The molecule has 1 N–H and O–H groups in total. The molecular weight excluding hydrogens is 196 g/mol. The van der Waals surface area contributed by atoms with Gasteiger partial charge in [-0.15, -0.1) is 0 Å². The van der Waals surface area contributed by atoms with Crippen LogP contribution in [0.3, 0.4) is 0 Å². The second-order valence-corrected chi connectivity index (χ2v) is 5.58. The Morgan fingerprint density at radius 2 is 2.12 bits per heavy atom. The summed E-state index contributed by atoms with van der Waals surface area (Å²) >= 11 is 0. The van der Waals surface area contributed by atoms with Crippen molar-refractivity contribution in [3.8, 4) is 0 Å². The van der Waals surface area contributed by atoms with Gasteiger partial charge < -0.3 is 10.2 Å². The first-order valence-electron chi connectivity index (χ1n) is 6.24. The SMILES string of the molecule is Cc1ccc2c(c1)N(C)CC1(CCC1)CN2. The predicted molar refractivity (Wildman–Crippen MR) is 69.2 cm³/mol. The monoisotopic (exact) mass is 216 g/mol. The average molecular weight is 216 g/mol. The number of nitrogens with zero attached hydrogens (tertiary/aromatic N) is 1. The van der Waals surface area contributed by atoms with Crippen LogP contribution >= 0.6 is 0 Å². The van der Waals surface area contributed by atoms with Crippen molar-refractivity contribution in [1.29, 1.82) is 0 Å². The van der Waals surface area contributed by atoms with Crippen molar-refractivity contribution in [3.63, 3.8) is 0 Å². The van der Waals surface area contributed by atoms with Crippen LogP contribution < -0.4 is 10.2 Å². The number of anilines is 2. The number of hydrogen-bond donors (Lipinski definition) is 1. The Bertz CT molecular complexity index is 407. The summed E-state index contributed by atoms with van der Waals surface area (Å²) in [5.41, 5.74) is 4.56. The number of benzene rings is 1. The third-order valence-corrected chi connectivity index (χ3v) is 4.21. The highest BCUT2D eigenvalue weighted by Crippen LogP contribution is 2.45. The van der Waals surface area contributed by atoms with Crippen LogP contribution in [0.4, 0.5) is 11.4 Å². The van der Waals surface area contributed by atoms with Crippen LogP contribution in [-0.2, 0) is 0 Å². The van der Waals surface area contributed by atoms with Gasteiger partial charge in [-0.25, -0.2) is 0 Å². The van der Waals surface area contributed by atoms with Crippen LogP contribution in [0.25, 0.3) is 0 Å². The molecule has 1 spiro atoms. The maximum absolute atomic E-state index is 3.63. The first-order valence-corrected chi connectivity index (χ1v) is 6.24. The molecule has 1 aliphatic carbocycles. The summed E-state index contributed by atoms with van der Waals surface area (Å²) in [5, 5.41) is 3.63. The molecule has 0 atom stereocenters. The molecule has 0 aromatic heterocycles. The van der Waals surface area contributed by atoms with Gasteiger partial charge in [0, 0.05) is 25.6 Å². The topological polar surface area (TPSA) is 15.3 Å². The molecule has 1 aromatic rings. The van der Waals surface area contributed by atoms with Gasteiger partial charge in [-0.05, 0) is 37.5 Å². The van der Waals surface area contributed by atoms with E-state index < -0.39 is 0 Å². The summed E-state index contributed by atoms with van der Waals surface area (Å²) in [6, 6.07) is 6.71. The summed E-state index contributed by atoms with van der Waals surface area (Å²) < 4.78 is 0. The molecule has 16 heavy (non-hydrogen) atoms. The molecule has 1 heterocycles. The molecule has 2 nitrogen and oxygen atoms in total. The molecule has 1 aromatic carbocycles. The third-order valence-electron chi connectivity index (χ3n) is 4.21. The number of nitrogens with one attached hydrogen (secondary N) is 1. The molecule has 1 saturated carbocycles. The van der Waals surface area contributed by atoms with E-state index in [1.165, 1.54) is 42.7 Å². The maximum atomic E-state index is 3.63. The molecule has 0 unspecified atom stereocenters. The Morgan fingerprint density at radius 1 is 1.31 bits per heavy atom. The van der Waals surface area contributed by atoms with E-state index in [1.807, 2.05) is 0 Å². The van der Waals surface area contributed by atoms with Gasteiger partial charge in [0.05, 0.1) is 11.4 Å². The number of hydrogen-bond acceptors (Lipinski definition) is 2. The van der Waals surface area contributed by atoms with E-state index in [0.29, 0.717) is 5.41 Å². The zero-order valence-corrected chi connectivity index (χ0v) is 10.2. The van der Waals surface area contributed by atoms with Crippen molar-refractivity contribution in [1.82, 2.24) is 0 Å². The lowest BCUT2D eigenvalue weighted by atomic mass is 9.68. The number of rotatable bonds is 0. The third kappa shape index (κ3) is 1.48. The molecule has 2 aliphatic rings. The Hall–Kier alpha value is -1.18. The van der Waals surface area contributed by atoms with E-state index in [1.54, 1.807) is 0 Å². The maximum Gasteiger partial charge on any atom is 0.0602 e. The summed E-state index contributed by atoms with van der Waals surface area (Å²) in [5.74, 6) is 0. The summed E-state index contributed by atoms with van der Waals surface area (Å²) in [4.78, 5) is 2.43. The Labute approximate surface area is 97.6 Å². The van der Waals surface area contributed by atoms with Gasteiger partial charge in [-0.1, -0.05) is 12.5 Å². The molecule has 0 radical (unpaired) electrons. The van der Waals surface area contributed by atoms with E-state index >= 15 is 0 Å². The van der Waals surface area contributed by atoms with Gasteiger partial charge in [-0.3, -0.25) is 0 Å². The first kappa shape index (κ1) is 10.0. The number of aryl methyl sites for hydroxylation is 1. The molecule has 0 saturated heterocycles. The molecule has 1 aliphatic heterocycles. The van der Waals surface area contributed by atoms with Gasteiger partial charge >= 0.3 is 0 Å². The fourth-order valence-electron chi connectivity index (χ4n) is 3.05. The van der Waals surface area contributed by atoms with Crippen LogP contribution in [-0.4, -0.2) is 20.1 Å². The fraction of sp³-hybridized carbons (Fsp3) is 0.571. The molecular formula is C14H20N2. The zero-order valence-electron chi connectivity index (χ0n) is 10.2. The van der Waals surface area contributed by atoms with Gasteiger partial charge in [0.2, 0.25) is 0 Å². The highest BCUT2D eigenvalue weighted by molar-refractivity contribution is 5.71. The van der Waals surface area contributed by atoms with E-state index in [4.69, 9.17) is 0 Å². The smallest absolute Gasteiger partial charge is 0.0602 e. The van der Waals surface area contributed by atoms with E-state index in [0.717, 1.165) is 6.54 Å². The number of fused-ring (bicyclic) bond motifs is 1. The van der Waals surface area contributed by atoms with Crippen molar-refractivity contribution < 1.29 is 0 Å².